The summed E-state index contributed by atoms with van der Waals surface area (Å²) < 4.78 is 6.81. The fourth-order valence-electron chi connectivity index (χ4n) is 5.19. The van der Waals surface area contributed by atoms with Crippen LogP contribution in [0, 0.1) is 11.3 Å². The van der Waals surface area contributed by atoms with Gasteiger partial charge >= 0.3 is 6.03 Å². The third kappa shape index (κ3) is 3.77. The Labute approximate surface area is 177 Å². The maximum Gasteiger partial charge on any atom is 0.329 e. The van der Waals surface area contributed by atoms with Crippen molar-refractivity contribution in [1.82, 2.24) is 9.80 Å². The molecule has 6 heteroatoms. The number of carbonyl (C=O) groups excluding carboxylic acids is 2. The van der Waals surface area contributed by atoms with E-state index in [9.17, 15) is 9.59 Å². The van der Waals surface area contributed by atoms with Crippen LogP contribution in [0.3, 0.4) is 0 Å². The van der Waals surface area contributed by atoms with Crippen molar-refractivity contribution >= 4 is 34.5 Å². The van der Waals surface area contributed by atoms with Crippen molar-refractivity contribution in [1.29, 1.82) is 0 Å². The van der Waals surface area contributed by atoms with Crippen LogP contribution in [-0.2, 0) is 9.53 Å². The van der Waals surface area contributed by atoms with E-state index < -0.39 is 5.72 Å². The van der Waals surface area contributed by atoms with Gasteiger partial charge in [-0.15, -0.1) is 0 Å². The van der Waals surface area contributed by atoms with Gasteiger partial charge in [0.2, 0.25) is 5.91 Å². The van der Waals surface area contributed by atoms with E-state index in [4.69, 9.17) is 4.74 Å². The third-order valence-electron chi connectivity index (χ3n) is 7.21. The minimum Gasteiger partial charge on any atom is -0.354 e. The molecule has 3 fully saturated rings. The lowest BCUT2D eigenvalue weighted by molar-refractivity contribution is -0.149. The van der Waals surface area contributed by atoms with Gasteiger partial charge in [0.05, 0.1) is 18.7 Å². The van der Waals surface area contributed by atoms with Crippen molar-refractivity contribution < 1.29 is 14.3 Å². The Hall–Kier alpha value is -0.370. The van der Waals surface area contributed by atoms with Crippen molar-refractivity contribution in [3.05, 3.63) is 0 Å². The van der Waals surface area contributed by atoms with E-state index in [0.29, 0.717) is 12.5 Å². The topological polar surface area (TPSA) is 49.9 Å². The monoisotopic (exact) mass is 490 g/mol. The van der Waals surface area contributed by atoms with Crippen LogP contribution in [0.5, 0.6) is 0 Å². The molecule has 2 heterocycles. The molecule has 2 aliphatic heterocycles. The Balaban J connectivity index is 1.92. The zero-order chi connectivity index (χ0) is 19.8. The lowest BCUT2D eigenvalue weighted by Crippen LogP contribution is -2.63. The maximum atomic E-state index is 13.8. The summed E-state index contributed by atoms with van der Waals surface area (Å²) in [6.07, 6.45) is 8.17. The number of urea groups is 1. The molecule has 0 aromatic rings. The van der Waals surface area contributed by atoms with Crippen LogP contribution in [0.4, 0.5) is 4.79 Å². The zero-order valence-electron chi connectivity index (χ0n) is 17.3. The van der Waals surface area contributed by atoms with E-state index in [1.165, 1.54) is 6.42 Å². The fourth-order valence-corrected chi connectivity index (χ4v) is 6.03. The first-order valence-electron chi connectivity index (χ1n) is 10.6. The number of halogens is 1. The summed E-state index contributed by atoms with van der Waals surface area (Å²) >= 11 is 2.33. The first-order chi connectivity index (χ1) is 12.8. The molecule has 0 radical (unpaired) electrons. The van der Waals surface area contributed by atoms with Crippen molar-refractivity contribution in [2.24, 2.45) is 11.3 Å². The normalized spacial score (nSPS) is 31.4. The van der Waals surface area contributed by atoms with Crippen LogP contribution in [0.15, 0.2) is 0 Å². The van der Waals surface area contributed by atoms with Gasteiger partial charge < -0.3 is 4.74 Å². The van der Waals surface area contributed by atoms with Crippen LogP contribution in [0.1, 0.15) is 79.1 Å². The molecule has 27 heavy (non-hydrogen) atoms. The Morgan fingerprint density at radius 3 is 2.52 bits per heavy atom. The predicted octanol–water partition coefficient (Wildman–Crippen LogP) is 4.97. The minimum atomic E-state index is -0.668. The molecule has 1 aliphatic carbocycles. The second-order valence-corrected chi connectivity index (χ2v) is 10.1. The smallest absolute Gasteiger partial charge is 0.329 e. The van der Waals surface area contributed by atoms with Crippen molar-refractivity contribution in [3.8, 4) is 0 Å². The zero-order valence-corrected chi connectivity index (χ0v) is 19.5. The number of hydrogen-bond donors (Lipinski definition) is 0. The van der Waals surface area contributed by atoms with E-state index in [1.54, 1.807) is 4.90 Å². The quantitative estimate of drug-likeness (QED) is 0.415. The molecule has 3 aliphatic rings. The largest absolute Gasteiger partial charge is 0.354 e. The highest BCUT2D eigenvalue weighted by Gasteiger charge is 2.54. The SMILES string of the molecule is CC[C@@H](C)[C@H]1COC(C)(C)N1C(=O)N1C(=O)C2(CCCCC2)CC[C@@H]1CI. The molecule has 0 aromatic carbocycles. The Bertz CT molecular complexity index is 574. The highest BCUT2D eigenvalue weighted by Crippen LogP contribution is 2.47. The molecule has 0 aromatic heterocycles. The van der Waals surface area contributed by atoms with E-state index in [2.05, 4.69) is 36.4 Å². The second-order valence-electron chi connectivity index (χ2n) is 9.23. The number of hydrogen-bond acceptors (Lipinski definition) is 3. The molecule has 5 nitrogen and oxygen atoms in total. The van der Waals surface area contributed by atoms with E-state index in [-0.39, 0.29) is 29.4 Å². The van der Waals surface area contributed by atoms with Crippen LogP contribution >= 0.6 is 22.6 Å². The molecule has 3 atom stereocenters. The Kier molecular flexibility index (Phi) is 6.46. The van der Waals surface area contributed by atoms with Gasteiger partial charge in [-0.1, -0.05) is 62.1 Å². The Morgan fingerprint density at radius 1 is 1.26 bits per heavy atom. The Morgan fingerprint density at radius 2 is 1.93 bits per heavy atom. The average Bonchev–Trinajstić information content (AvgIpc) is 2.98. The van der Waals surface area contributed by atoms with Gasteiger partial charge in [-0.2, -0.15) is 0 Å². The van der Waals surface area contributed by atoms with Crippen LogP contribution in [0.25, 0.3) is 0 Å². The van der Waals surface area contributed by atoms with E-state index in [1.807, 2.05) is 18.7 Å². The standard InChI is InChI=1S/C21H35IN2O3/c1-5-15(2)17-14-27-20(3,4)24(17)19(26)23-16(13-22)9-12-21(18(23)25)10-7-6-8-11-21/h15-17H,5-14H2,1-4H3/t15-,16-,17-/m1/s1. The molecule has 3 amide bonds. The molecule has 0 N–H and O–H groups in total. The number of ether oxygens (including phenoxy) is 1. The third-order valence-corrected chi connectivity index (χ3v) is 8.23. The van der Waals surface area contributed by atoms with Gasteiger partial charge in [0.15, 0.2) is 0 Å². The molecule has 0 bridgehead atoms. The number of carbonyl (C=O) groups is 2. The minimum absolute atomic E-state index is 0.00661. The molecular weight excluding hydrogens is 455 g/mol. The highest BCUT2D eigenvalue weighted by atomic mass is 127. The molecular formula is C21H35IN2O3. The lowest BCUT2D eigenvalue weighted by atomic mass is 9.67. The van der Waals surface area contributed by atoms with E-state index in [0.717, 1.165) is 49.4 Å². The first kappa shape index (κ1) is 21.3. The molecule has 154 valence electrons. The maximum absolute atomic E-state index is 13.8. The molecule has 3 rings (SSSR count). The van der Waals surface area contributed by atoms with Gasteiger partial charge in [-0.05, 0) is 45.4 Å². The average molecular weight is 490 g/mol. The van der Waals surface area contributed by atoms with Crippen molar-refractivity contribution in [3.63, 3.8) is 0 Å². The number of nitrogens with zero attached hydrogens (tertiary/aromatic N) is 2. The summed E-state index contributed by atoms with van der Waals surface area (Å²) in [4.78, 5) is 31.0. The van der Waals surface area contributed by atoms with Gasteiger partial charge in [0, 0.05) is 9.84 Å². The van der Waals surface area contributed by atoms with Crippen LogP contribution in [-0.4, -0.2) is 50.6 Å². The fraction of sp³-hybridized carbons (Fsp3) is 0.905. The molecule has 1 saturated carbocycles. The van der Waals surface area contributed by atoms with Gasteiger partial charge in [0.1, 0.15) is 5.72 Å². The number of likely N-dealkylation sites (tertiary alicyclic amines) is 1. The van der Waals surface area contributed by atoms with E-state index >= 15 is 0 Å². The number of amides is 3. The second kappa shape index (κ2) is 8.17. The van der Waals surface area contributed by atoms with Crippen LogP contribution < -0.4 is 0 Å². The van der Waals surface area contributed by atoms with Crippen LogP contribution in [0.2, 0.25) is 0 Å². The summed E-state index contributed by atoms with van der Waals surface area (Å²) in [7, 11) is 0. The highest BCUT2D eigenvalue weighted by molar-refractivity contribution is 14.1. The van der Waals surface area contributed by atoms with Crippen molar-refractivity contribution in [2.75, 3.05) is 11.0 Å². The summed E-state index contributed by atoms with van der Waals surface area (Å²) in [5, 5.41) is 0. The number of piperidine rings is 1. The molecule has 2 saturated heterocycles. The lowest BCUT2D eigenvalue weighted by Gasteiger charge is -2.49. The summed E-state index contributed by atoms with van der Waals surface area (Å²) in [6.45, 7) is 8.78. The summed E-state index contributed by atoms with van der Waals surface area (Å²) in [6, 6.07) is -0.0874. The number of rotatable bonds is 3. The molecule has 0 unspecified atom stereocenters. The van der Waals surface area contributed by atoms with Gasteiger partial charge in [0.25, 0.3) is 0 Å². The van der Waals surface area contributed by atoms with Gasteiger partial charge in [-0.3, -0.25) is 14.6 Å². The van der Waals surface area contributed by atoms with Gasteiger partial charge in [-0.25, -0.2) is 4.79 Å². The summed E-state index contributed by atoms with van der Waals surface area (Å²) in [5.74, 6) is 0.433. The summed E-state index contributed by atoms with van der Waals surface area (Å²) in [5.41, 5.74) is -0.967. The first-order valence-corrected chi connectivity index (χ1v) is 12.2. The number of imide groups is 1. The number of alkyl halides is 1. The predicted molar refractivity (Wildman–Crippen MR) is 115 cm³/mol. The molecule has 1 spiro atoms. The van der Waals surface area contributed by atoms with Crippen molar-refractivity contribution in [2.45, 2.75) is 96.9 Å².